The topological polar surface area (TPSA) is 35.2 Å². The summed E-state index contributed by atoms with van der Waals surface area (Å²) in [4.78, 5) is 0. The first kappa shape index (κ1) is 14.0. The molecular weight excluding hydrogens is 217 g/mol. The Morgan fingerprint density at radius 1 is 1.41 bits per heavy atom. The summed E-state index contributed by atoms with van der Waals surface area (Å²) in [6.07, 6.45) is 1.50. The fourth-order valence-electron chi connectivity index (χ4n) is 1.65. The van der Waals surface area contributed by atoms with Gasteiger partial charge in [-0.15, -0.1) is 0 Å². The van der Waals surface area contributed by atoms with Crippen LogP contribution in [0.25, 0.3) is 0 Å². The third-order valence-corrected chi connectivity index (χ3v) is 3.62. The molecular formula is C14H22FNO. The molecule has 17 heavy (non-hydrogen) atoms. The molecule has 0 aliphatic heterocycles. The Morgan fingerprint density at radius 3 is 2.59 bits per heavy atom. The Hall–Kier alpha value is -1.09. The van der Waals surface area contributed by atoms with Crippen molar-refractivity contribution in [2.24, 2.45) is 11.1 Å². The number of halogens is 1. The van der Waals surface area contributed by atoms with Gasteiger partial charge in [0.05, 0.1) is 7.11 Å². The molecule has 0 fully saturated rings. The highest BCUT2D eigenvalue weighted by atomic mass is 19.1. The van der Waals surface area contributed by atoms with E-state index in [1.165, 1.54) is 7.11 Å². The molecule has 2 N–H and O–H groups in total. The Balaban J connectivity index is 2.89. The molecule has 0 radical (unpaired) electrons. The average molecular weight is 239 g/mol. The maximum Gasteiger partial charge on any atom is 0.168 e. The molecule has 1 aromatic rings. The van der Waals surface area contributed by atoms with Crippen LogP contribution in [0.5, 0.6) is 5.75 Å². The lowest BCUT2D eigenvalue weighted by Gasteiger charge is -2.30. The minimum atomic E-state index is -0.294. The van der Waals surface area contributed by atoms with E-state index in [1.54, 1.807) is 18.2 Å². The lowest BCUT2D eigenvalue weighted by atomic mass is 9.79. The molecule has 0 amide bonds. The highest BCUT2D eigenvalue weighted by Crippen LogP contribution is 2.28. The molecule has 0 bridgehead atoms. The van der Waals surface area contributed by atoms with E-state index in [0.29, 0.717) is 12.0 Å². The van der Waals surface area contributed by atoms with Crippen LogP contribution in [0.3, 0.4) is 0 Å². The SMILES string of the molecule is CCC(C)(C)C(N)Cc1cccc(OC)c1F. The number of ether oxygens (including phenoxy) is 1. The van der Waals surface area contributed by atoms with Gasteiger partial charge >= 0.3 is 0 Å². The fourth-order valence-corrected chi connectivity index (χ4v) is 1.65. The van der Waals surface area contributed by atoms with Gasteiger partial charge in [-0.1, -0.05) is 32.9 Å². The third kappa shape index (κ3) is 3.19. The summed E-state index contributed by atoms with van der Waals surface area (Å²) >= 11 is 0. The smallest absolute Gasteiger partial charge is 0.168 e. The lowest BCUT2D eigenvalue weighted by Crippen LogP contribution is -2.38. The van der Waals surface area contributed by atoms with E-state index in [1.807, 2.05) is 0 Å². The molecule has 2 nitrogen and oxygen atoms in total. The van der Waals surface area contributed by atoms with Crippen molar-refractivity contribution in [1.82, 2.24) is 0 Å². The van der Waals surface area contributed by atoms with Gasteiger partial charge in [0.1, 0.15) is 0 Å². The Bertz CT molecular complexity index is 376. The van der Waals surface area contributed by atoms with Crippen molar-refractivity contribution in [2.45, 2.75) is 39.7 Å². The molecule has 3 heteroatoms. The predicted molar refractivity (Wildman–Crippen MR) is 68.7 cm³/mol. The number of methoxy groups -OCH3 is 1. The molecule has 1 unspecified atom stereocenters. The molecule has 0 spiro atoms. The van der Waals surface area contributed by atoms with Crippen molar-refractivity contribution >= 4 is 0 Å². The Labute approximate surface area is 103 Å². The first-order chi connectivity index (χ1) is 7.92. The van der Waals surface area contributed by atoms with E-state index in [-0.39, 0.29) is 23.0 Å². The summed E-state index contributed by atoms with van der Waals surface area (Å²) in [5.41, 5.74) is 6.78. The van der Waals surface area contributed by atoms with Gasteiger partial charge in [-0.25, -0.2) is 4.39 Å². The van der Waals surface area contributed by atoms with E-state index >= 15 is 0 Å². The van der Waals surface area contributed by atoms with E-state index in [9.17, 15) is 4.39 Å². The van der Waals surface area contributed by atoms with Gasteiger partial charge in [-0.05, 0) is 29.9 Å². The van der Waals surface area contributed by atoms with Crippen molar-refractivity contribution in [3.05, 3.63) is 29.6 Å². The summed E-state index contributed by atoms with van der Waals surface area (Å²) in [7, 11) is 1.47. The zero-order valence-corrected chi connectivity index (χ0v) is 11.1. The van der Waals surface area contributed by atoms with Crippen LogP contribution in [0.15, 0.2) is 18.2 Å². The van der Waals surface area contributed by atoms with Crippen molar-refractivity contribution in [1.29, 1.82) is 0 Å². The molecule has 0 saturated heterocycles. The van der Waals surface area contributed by atoms with Gasteiger partial charge in [0.15, 0.2) is 11.6 Å². The predicted octanol–water partition coefficient (Wildman–Crippen LogP) is 3.14. The van der Waals surface area contributed by atoms with Crippen molar-refractivity contribution < 1.29 is 9.13 Å². The second-order valence-corrected chi connectivity index (χ2v) is 5.09. The summed E-state index contributed by atoms with van der Waals surface area (Å²) in [5.74, 6) is -0.0126. The molecule has 0 aliphatic rings. The number of hydrogen-bond acceptors (Lipinski definition) is 2. The van der Waals surface area contributed by atoms with Crippen LogP contribution in [0.4, 0.5) is 4.39 Å². The van der Waals surface area contributed by atoms with E-state index in [0.717, 1.165) is 6.42 Å². The van der Waals surface area contributed by atoms with Crippen LogP contribution in [0, 0.1) is 11.2 Å². The quantitative estimate of drug-likeness (QED) is 0.856. The third-order valence-electron chi connectivity index (χ3n) is 3.62. The maximum absolute atomic E-state index is 13.9. The second kappa shape index (κ2) is 5.50. The molecule has 0 aromatic heterocycles. The van der Waals surface area contributed by atoms with Crippen molar-refractivity contribution in [3.8, 4) is 5.75 Å². The van der Waals surface area contributed by atoms with Crippen molar-refractivity contribution in [3.63, 3.8) is 0 Å². The Kier molecular flexibility index (Phi) is 4.52. The monoisotopic (exact) mass is 239 g/mol. The van der Waals surface area contributed by atoms with E-state index in [2.05, 4.69) is 20.8 Å². The van der Waals surface area contributed by atoms with E-state index < -0.39 is 0 Å². The van der Waals surface area contributed by atoms with Gasteiger partial charge in [-0.3, -0.25) is 0 Å². The molecule has 1 rings (SSSR count). The number of benzene rings is 1. The number of hydrogen-bond donors (Lipinski definition) is 1. The summed E-state index contributed by atoms with van der Waals surface area (Å²) in [6.45, 7) is 6.31. The van der Waals surface area contributed by atoms with Crippen LogP contribution in [-0.2, 0) is 6.42 Å². The minimum Gasteiger partial charge on any atom is -0.494 e. The zero-order valence-electron chi connectivity index (χ0n) is 11.1. The first-order valence-electron chi connectivity index (χ1n) is 5.99. The van der Waals surface area contributed by atoms with Gasteiger partial charge in [0.2, 0.25) is 0 Å². The van der Waals surface area contributed by atoms with Crippen LogP contribution in [0.2, 0.25) is 0 Å². The van der Waals surface area contributed by atoms with Crippen LogP contribution >= 0.6 is 0 Å². The van der Waals surface area contributed by atoms with Crippen LogP contribution in [0.1, 0.15) is 32.8 Å². The zero-order chi connectivity index (χ0) is 13.1. The lowest BCUT2D eigenvalue weighted by molar-refractivity contribution is 0.270. The van der Waals surface area contributed by atoms with Crippen LogP contribution in [-0.4, -0.2) is 13.2 Å². The summed E-state index contributed by atoms with van der Waals surface area (Å²) < 4.78 is 18.9. The van der Waals surface area contributed by atoms with Crippen LogP contribution < -0.4 is 10.5 Å². The normalized spacial score (nSPS) is 13.5. The molecule has 96 valence electrons. The maximum atomic E-state index is 13.9. The summed E-state index contributed by atoms with van der Waals surface area (Å²) in [5, 5.41) is 0. The number of nitrogens with two attached hydrogens (primary N) is 1. The molecule has 1 atom stereocenters. The molecule has 0 heterocycles. The van der Waals surface area contributed by atoms with Gasteiger partial charge < -0.3 is 10.5 Å². The second-order valence-electron chi connectivity index (χ2n) is 5.09. The first-order valence-corrected chi connectivity index (χ1v) is 5.99. The Morgan fingerprint density at radius 2 is 2.06 bits per heavy atom. The largest absolute Gasteiger partial charge is 0.494 e. The molecule has 0 saturated carbocycles. The van der Waals surface area contributed by atoms with Gasteiger partial charge in [0, 0.05) is 6.04 Å². The van der Waals surface area contributed by atoms with Gasteiger partial charge in [0.25, 0.3) is 0 Å². The fraction of sp³-hybridized carbons (Fsp3) is 0.571. The highest BCUT2D eigenvalue weighted by molar-refractivity contribution is 5.31. The molecule has 0 aliphatic carbocycles. The summed E-state index contributed by atoms with van der Waals surface area (Å²) in [6, 6.07) is 5.12. The highest BCUT2D eigenvalue weighted by Gasteiger charge is 2.25. The number of rotatable bonds is 5. The average Bonchev–Trinajstić information content (AvgIpc) is 2.31. The standard InChI is InChI=1S/C14H22FNO/c1-5-14(2,3)12(16)9-10-7-6-8-11(17-4)13(10)15/h6-8,12H,5,9,16H2,1-4H3. The minimum absolute atomic E-state index is 0.00944. The molecule has 1 aromatic carbocycles. The van der Waals surface area contributed by atoms with Gasteiger partial charge in [-0.2, -0.15) is 0 Å². The van der Waals surface area contributed by atoms with Crippen molar-refractivity contribution in [2.75, 3.05) is 7.11 Å². The van der Waals surface area contributed by atoms with E-state index in [4.69, 9.17) is 10.5 Å².